The molecule has 0 aliphatic rings. The Morgan fingerprint density at radius 3 is 2.86 bits per heavy atom. The molecule has 1 heterocycles. The lowest BCUT2D eigenvalue weighted by atomic mass is 10.4. The molecule has 0 amide bonds. The van der Waals surface area contributed by atoms with Crippen LogP contribution in [0.3, 0.4) is 0 Å². The summed E-state index contributed by atoms with van der Waals surface area (Å²) in [6.07, 6.45) is 3.48. The molecule has 0 radical (unpaired) electrons. The molecule has 1 N–H and O–H groups in total. The van der Waals surface area contributed by atoms with Gasteiger partial charge in [-0.3, -0.25) is 9.71 Å². The molecule has 78 valence electrons. The molecule has 0 bridgehead atoms. The summed E-state index contributed by atoms with van der Waals surface area (Å²) >= 11 is 5.41. The van der Waals surface area contributed by atoms with Gasteiger partial charge >= 0.3 is 0 Å². The third-order valence-electron chi connectivity index (χ3n) is 1.48. The number of pyridine rings is 1. The second kappa shape index (κ2) is 5.17. The van der Waals surface area contributed by atoms with Gasteiger partial charge in [-0.25, -0.2) is 8.42 Å². The van der Waals surface area contributed by atoms with Crippen molar-refractivity contribution in [3.63, 3.8) is 0 Å². The minimum Gasteiger partial charge on any atom is -0.282 e. The van der Waals surface area contributed by atoms with E-state index in [-0.39, 0.29) is 5.75 Å². The van der Waals surface area contributed by atoms with Crippen LogP contribution in [0.1, 0.15) is 6.42 Å². The van der Waals surface area contributed by atoms with Crippen molar-refractivity contribution in [1.82, 2.24) is 4.98 Å². The lowest BCUT2D eigenvalue weighted by Gasteiger charge is -2.05. The zero-order chi connectivity index (χ0) is 10.4. The van der Waals surface area contributed by atoms with Gasteiger partial charge in [0.2, 0.25) is 10.0 Å². The topological polar surface area (TPSA) is 59.1 Å². The molecule has 1 aromatic heterocycles. The summed E-state index contributed by atoms with van der Waals surface area (Å²) in [4.78, 5) is 3.80. The van der Waals surface area contributed by atoms with Gasteiger partial charge in [0.25, 0.3) is 0 Å². The van der Waals surface area contributed by atoms with Crippen molar-refractivity contribution in [1.29, 1.82) is 0 Å². The fourth-order valence-corrected chi connectivity index (χ4v) is 2.30. The van der Waals surface area contributed by atoms with E-state index in [2.05, 4.69) is 9.71 Å². The number of halogens is 1. The highest BCUT2D eigenvalue weighted by molar-refractivity contribution is 7.92. The number of sulfonamides is 1. The average molecular weight is 235 g/mol. The molecule has 0 unspecified atom stereocenters. The zero-order valence-corrected chi connectivity index (χ0v) is 9.05. The van der Waals surface area contributed by atoms with Crippen molar-refractivity contribution in [3.05, 3.63) is 24.5 Å². The molecular formula is C8H11ClN2O2S. The standard InChI is InChI=1S/C8H11ClN2O2S/c9-4-2-6-14(12,13)11-8-3-1-5-10-7-8/h1,3,5,7,11H,2,4,6H2. The Bertz CT molecular complexity index is 366. The Labute approximate surface area is 88.4 Å². The maximum atomic E-state index is 11.4. The summed E-state index contributed by atoms with van der Waals surface area (Å²) in [7, 11) is -3.27. The van der Waals surface area contributed by atoms with E-state index in [1.54, 1.807) is 18.3 Å². The van der Waals surface area contributed by atoms with Gasteiger partial charge in [0, 0.05) is 12.1 Å². The molecule has 0 aromatic carbocycles. The normalized spacial score (nSPS) is 11.2. The fourth-order valence-electron chi connectivity index (χ4n) is 0.898. The molecule has 0 aliphatic carbocycles. The van der Waals surface area contributed by atoms with E-state index in [1.165, 1.54) is 6.20 Å². The first-order chi connectivity index (χ1) is 6.64. The predicted octanol–water partition coefficient (Wildman–Crippen LogP) is 1.45. The van der Waals surface area contributed by atoms with E-state index in [0.717, 1.165) is 0 Å². The van der Waals surface area contributed by atoms with Crippen molar-refractivity contribution < 1.29 is 8.42 Å². The van der Waals surface area contributed by atoms with Crippen LogP contribution in [0.5, 0.6) is 0 Å². The summed E-state index contributed by atoms with van der Waals surface area (Å²) in [5.74, 6) is 0.374. The van der Waals surface area contributed by atoms with Crippen molar-refractivity contribution in [2.45, 2.75) is 6.42 Å². The van der Waals surface area contributed by atoms with Gasteiger partial charge < -0.3 is 0 Å². The number of alkyl halides is 1. The van der Waals surface area contributed by atoms with Gasteiger partial charge in [-0.05, 0) is 18.6 Å². The number of aromatic nitrogens is 1. The van der Waals surface area contributed by atoms with E-state index in [4.69, 9.17) is 11.6 Å². The summed E-state index contributed by atoms with van der Waals surface area (Å²) in [5.41, 5.74) is 0.474. The van der Waals surface area contributed by atoms with Crippen LogP contribution < -0.4 is 4.72 Å². The van der Waals surface area contributed by atoms with Crippen molar-refractivity contribution in [3.8, 4) is 0 Å². The Balaban J connectivity index is 2.60. The molecule has 0 saturated carbocycles. The van der Waals surface area contributed by atoms with Gasteiger partial charge in [-0.2, -0.15) is 0 Å². The minimum absolute atomic E-state index is 0.0331. The first kappa shape index (κ1) is 11.3. The SMILES string of the molecule is O=S(=O)(CCCCl)Nc1cccnc1. The summed E-state index contributed by atoms with van der Waals surface area (Å²) in [6.45, 7) is 0. The average Bonchev–Trinajstić information content (AvgIpc) is 2.16. The van der Waals surface area contributed by atoms with Crippen LogP contribution in [0.4, 0.5) is 5.69 Å². The lowest BCUT2D eigenvalue weighted by Crippen LogP contribution is -2.16. The first-order valence-electron chi connectivity index (χ1n) is 4.10. The Morgan fingerprint density at radius 2 is 2.29 bits per heavy atom. The highest BCUT2D eigenvalue weighted by atomic mass is 35.5. The quantitative estimate of drug-likeness (QED) is 0.785. The second-order valence-electron chi connectivity index (χ2n) is 2.71. The molecule has 14 heavy (non-hydrogen) atoms. The molecule has 6 heteroatoms. The molecule has 0 atom stereocenters. The number of anilines is 1. The van der Waals surface area contributed by atoms with Crippen LogP contribution in [-0.4, -0.2) is 25.0 Å². The Morgan fingerprint density at radius 1 is 1.50 bits per heavy atom. The molecule has 1 rings (SSSR count). The molecule has 0 fully saturated rings. The number of nitrogens with zero attached hydrogens (tertiary/aromatic N) is 1. The second-order valence-corrected chi connectivity index (χ2v) is 4.93. The van der Waals surface area contributed by atoms with E-state index in [9.17, 15) is 8.42 Å². The number of nitrogens with one attached hydrogen (secondary N) is 1. The summed E-state index contributed by atoms with van der Waals surface area (Å²) in [6, 6.07) is 3.31. The molecule has 0 aliphatic heterocycles. The van der Waals surface area contributed by atoms with Crippen molar-refractivity contribution in [2.24, 2.45) is 0 Å². The van der Waals surface area contributed by atoms with E-state index in [1.807, 2.05) is 0 Å². The fraction of sp³-hybridized carbons (Fsp3) is 0.375. The number of hydrogen-bond donors (Lipinski definition) is 1. The minimum atomic E-state index is -3.27. The third-order valence-corrected chi connectivity index (χ3v) is 3.12. The summed E-state index contributed by atoms with van der Waals surface area (Å²) < 4.78 is 25.1. The number of rotatable bonds is 5. The zero-order valence-electron chi connectivity index (χ0n) is 7.48. The predicted molar refractivity (Wildman–Crippen MR) is 57.0 cm³/mol. The van der Waals surface area contributed by atoms with Crippen LogP contribution in [0.2, 0.25) is 0 Å². The monoisotopic (exact) mass is 234 g/mol. The molecule has 4 nitrogen and oxygen atoms in total. The van der Waals surface area contributed by atoms with E-state index < -0.39 is 10.0 Å². The van der Waals surface area contributed by atoms with E-state index >= 15 is 0 Å². The van der Waals surface area contributed by atoms with Gasteiger partial charge in [0.1, 0.15) is 0 Å². The van der Waals surface area contributed by atoms with Crippen LogP contribution in [0, 0.1) is 0 Å². The third kappa shape index (κ3) is 3.93. The highest BCUT2D eigenvalue weighted by Crippen LogP contribution is 2.06. The van der Waals surface area contributed by atoms with Crippen molar-refractivity contribution >= 4 is 27.3 Å². The molecule has 0 saturated heterocycles. The number of hydrogen-bond acceptors (Lipinski definition) is 3. The van der Waals surface area contributed by atoms with Crippen LogP contribution in [-0.2, 0) is 10.0 Å². The smallest absolute Gasteiger partial charge is 0.232 e. The van der Waals surface area contributed by atoms with Gasteiger partial charge in [0.15, 0.2) is 0 Å². The lowest BCUT2D eigenvalue weighted by molar-refractivity contribution is 0.600. The van der Waals surface area contributed by atoms with Gasteiger partial charge in [0.05, 0.1) is 17.6 Å². The molecule has 1 aromatic rings. The maximum Gasteiger partial charge on any atom is 0.232 e. The Kier molecular flexibility index (Phi) is 4.16. The largest absolute Gasteiger partial charge is 0.282 e. The van der Waals surface area contributed by atoms with Crippen molar-refractivity contribution in [2.75, 3.05) is 16.4 Å². The van der Waals surface area contributed by atoms with Crippen LogP contribution in [0.15, 0.2) is 24.5 Å². The maximum absolute atomic E-state index is 11.4. The molecular weight excluding hydrogens is 224 g/mol. The van der Waals surface area contributed by atoms with Crippen LogP contribution in [0.25, 0.3) is 0 Å². The molecule has 0 spiro atoms. The van der Waals surface area contributed by atoms with Gasteiger partial charge in [-0.1, -0.05) is 0 Å². The van der Waals surface area contributed by atoms with Crippen LogP contribution >= 0.6 is 11.6 Å². The Hall–Kier alpha value is -0.810. The van der Waals surface area contributed by atoms with E-state index in [0.29, 0.717) is 18.0 Å². The highest BCUT2D eigenvalue weighted by Gasteiger charge is 2.08. The summed E-state index contributed by atoms with van der Waals surface area (Å²) in [5, 5.41) is 0. The first-order valence-corrected chi connectivity index (χ1v) is 6.29. The van der Waals surface area contributed by atoms with Gasteiger partial charge in [-0.15, -0.1) is 11.6 Å².